The van der Waals surface area contributed by atoms with Crippen molar-refractivity contribution in [3.8, 4) is 6.07 Å². The fraction of sp³-hybridized carbons (Fsp3) is 0.385. The van der Waals surface area contributed by atoms with E-state index in [9.17, 15) is 10.1 Å². The first-order chi connectivity index (χ1) is 9.17. The van der Waals surface area contributed by atoms with Crippen molar-refractivity contribution in [2.45, 2.75) is 6.04 Å². The molecule has 0 aliphatic carbocycles. The van der Waals surface area contributed by atoms with E-state index in [1.165, 1.54) is 0 Å². The Labute approximate surface area is 120 Å². The van der Waals surface area contributed by atoms with Crippen molar-refractivity contribution in [1.82, 2.24) is 5.32 Å². The van der Waals surface area contributed by atoms with Gasteiger partial charge in [0.25, 0.3) is 0 Å². The third-order valence-corrected chi connectivity index (χ3v) is 3.56. The summed E-state index contributed by atoms with van der Waals surface area (Å²) in [4.78, 5) is 13.8. The van der Waals surface area contributed by atoms with Gasteiger partial charge in [-0.3, -0.25) is 4.79 Å². The van der Waals surface area contributed by atoms with Crippen LogP contribution in [0.15, 0.2) is 22.7 Å². The number of hydrogen-bond donors (Lipinski definition) is 1. The van der Waals surface area contributed by atoms with Crippen LogP contribution < -0.4 is 10.2 Å². The molecule has 100 valence electrons. The minimum Gasteiger partial charge on any atom is -0.377 e. The van der Waals surface area contributed by atoms with Crippen molar-refractivity contribution in [2.24, 2.45) is 0 Å². The molecule has 1 unspecified atom stereocenters. The molecule has 1 aliphatic heterocycles. The maximum absolute atomic E-state index is 11.9. The second kappa shape index (κ2) is 6.04. The molecule has 0 radical (unpaired) electrons. The van der Waals surface area contributed by atoms with E-state index in [4.69, 9.17) is 4.74 Å². The summed E-state index contributed by atoms with van der Waals surface area (Å²) in [5.41, 5.74) is 1.31. The van der Waals surface area contributed by atoms with E-state index in [-0.39, 0.29) is 5.91 Å². The van der Waals surface area contributed by atoms with Crippen LogP contribution in [-0.2, 0) is 9.53 Å². The number of nitriles is 1. The minimum atomic E-state index is -0.396. The second-order valence-electron chi connectivity index (χ2n) is 4.17. The number of hydrogen-bond acceptors (Lipinski definition) is 4. The van der Waals surface area contributed by atoms with Gasteiger partial charge in [-0.1, -0.05) is 15.9 Å². The van der Waals surface area contributed by atoms with Crippen LogP contribution in [0.2, 0.25) is 0 Å². The lowest BCUT2D eigenvalue weighted by atomic mass is 10.1. The summed E-state index contributed by atoms with van der Waals surface area (Å²) in [7, 11) is 1.60. The molecule has 6 heteroatoms. The SMILES string of the molecule is CNC(=O)C1COCCN1c1ccc(Br)cc1C#N. The summed E-state index contributed by atoms with van der Waals surface area (Å²) in [6.07, 6.45) is 0. The summed E-state index contributed by atoms with van der Waals surface area (Å²) in [6.45, 7) is 1.48. The number of halogens is 1. The average Bonchev–Trinajstić information content (AvgIpc) is 2.46. The highest BCUT2D eigenvalue weighted by Crippen LogP contribution is 2.27. The fourth-order valence-electron chi connectivity index (χ4n) is 2.12. The first kappa shape index (κ1) is 13.8. The minimum absolute atomic E-state index is 0.105. The van der Waals surface area contributed by atoms with E-state index < -0.39 is 6.04 Å². The van der Waals surface area contributed by atoms with E-state index in [2.05, 4.69) is 27.3 Å². The van der Waals surface area contributed by atoms with Gasteiger partial charge >= 0.3 is 0 Å². The third kappa shape index (κ3) is 2.88. The van der Waals surface area contributed by atoms with Crippen molar-refractivity contribution in [2.75, 3.05) is 31.7 Å². The maximum atomic E-state index is 11.9. The van der Waals surface area contributed by atoms with Gasteiger partial charge in [-0.2, -0.15) is 5.26 Å². The normalized spacial score (nSPS) is 18.8. The topological polar surface area (TPSA) is 65.4 Å². The highest BCUT2D eigenvalue weighted by Gasteiger charge is 2.30. The van der Waals surface area contributed by atoms with Crippen LogP contribution in [0.3, 0.4) is 0 Å². The van der Waals surface area contributed by atoms with Gasteiger partial charge in [0.2, 0.25) is 5.91 Å². The smallest absolute Gasteiger partial charge is 0.244 e. The van der Waals surface area contributed by atoms with E-state index >= 15 is 0 Å². The Hall–Kier alpha value is -1.58. The highest BCUT2D eigenvalue weighted by atomic mass is 79.9. The predicted molar refractivity (Wildman–Crippen MR) is 74.9 cm³/mol. The molecule has 1 saturated heterocycles. The molecule has 1 fully saturated rings. The van der Waals surface area contributed by atoms with Crippen molar-refractivity contribution in [3.05, 3.63) is 28.2 Å². The van der Waals surface area contributed by atoms with Crippen molar-refractivity contribution in [3.63, 3.8) is 0 Å². The van der Waals surface area contributed by atoms with E-state index in [1.54, 1.807) is 13.1 Å². The summed E-state index contributed by atoms with van der Waals surface area (Å²) in [6, 6.07) is 7.25. The molecule has 1 N–H and O–H groups in total. The number of benzene rings is 1. The Kier molecular flexibility index (Phi) is 4.40. The molecule has 1 aromatic rings. The molecule has 19 heavy (non-hydrogen) atoms. The maximum Gasteiger partial charge on any atom is 0.244 e. The van der Waals surface area contributed by atoms with Gasteiger partial charge in [0, 0.05) is 18.1 Å². The highest BCUT2D eigenvalue weighted by molar-refractivity contribution is 9.10. The number of rotatable bonds is 2. The van der Waals surface area contributed by atoms with Crippen LogP contribution in [0.25, 0.3) is 0 Å². The van der Waals surface area contributed by atoms with Crippen LogP contribution in [0.1, 0.15) is 5.56 Å². The number of amides is 1. The second-order valence-corrected chi connectivity index (χ2v) is 5.09. The zero-order chi connectivity index (χ0) is 13.8. The Balaban J connectivity index is 2.38. The lowest BCUT2D eigenvalue weighted by molar-refractivity contribution is -0.124. The molecule has 1 aromatic carbocycles. The van der Waals surface area contributed by atoms with E-state index in [0.29, 0.717) is 25.3 Å². The van der Waals surface area contributed by atoms with Crippen molar-refractivity contribution < 1.29 is 9.53 Å². The van der Waals surface area contributed by atoms with Gasteiger partial charge in [0.05, 0.1) is 24.5 Å². The number of anilines is 1. The molecule has 1 aliphatic rings. The van der Waals surface area contributed by atoms with Gasteiger partial charge in [-0.25, -0.2) is 0 Å². The van der Waals surface area contributed by atoms with Crippen LogP contribution in [0, 0.1) is 11.3 Å². The van der Waals surface area contributed by atoms with Gasteiger partial charge in [-0.05, 0) is 18.2 Å². The molecule has 1 atom stereocenters. The number of carbonyl (C=O) groups excluding carboxylic acids is 1. The molecule has 1 heterocycles. The van der Waals surface area contributed by atoms with Crippen LogP contribution in [0.4, 0.5) is 5.69 Å². The largest absolute Gasteiger partial charge is 0.377 e. The quantitative estimate of drug-likeness (QED) is 0.890. The molecule has 0 spiro atoms. The number of nitrogens with zero attached hydrogens (tertiary/aromatic N) is 2. The lowest BCUT2D eigenvalue weighted by Gasteiger charge is -2.36. The predicted octanol–water partition coefficient (Wildman–Crippen LogP) is 1.27. The average molecular weight is 324 g/mol. The fourth-order valence-corrected chi connectivity index (χ4v) is 2.49. The lowest BCUT2D eigenvalue weighted by Crippen LogP contribution is -2.53. The molecular formula is C13H14BrN3O2. The zero-order valence-electron chi connectivity index (χ0n) is 10.5. The number of nitrogens with one attached hydrogen (secondary N) is 1. The van der Waals surface area contributed by atoms with E-state index in [1.807, 2.05) is 17.0 Å². The number of morpholine rings is 1. The monoisotopic (exact) mass is 323 g/mol. The zero-order valence-corrected chi connectivity index (χ0v) is 12.1. The Morgan fingerprint density at radius 3 is 3.11 bits per heavy atom. The van der Waals surface area contributed by atoms with Crippen LogP contribution in [-0.4, -0.2) is 38.8 Å². The van der Waals surface area contributed by atoms with Crippen LogP contribution >= 0.6 is 15.9 Å². The van der Waals surface area contributed by atoms with Crippen molar-refractivity contribution >= 4 is 27.5 Å². The Morgan fingerprint density at radius 1 is 1.63 bits per heavy atom. The first-order valence-corrected chi connectivity index (χ1v) is 6.72. The molecular weight excluding hydrogens is 310 g/mol. The third-order valence-electron chi connectivity index (χ3n) is 3.07. The molecule has 1 amide bonds. The summed E-state index contributed by atoms with van der Waals surface area (Å²) < 4.78 is 6.20. The number of likely N-dealkylation sites (N-methyl/N-ethyl adjacent to an activating group) is 1. The van der Waals surface area contributed by atoms with Gasteiger partial charge in [0.1, 0.15) is 12.1 Å². The molecule has 5 nitrogen and oxygen atoms in total. The molecule has 2 rings (SSSR count). The standard InChI is InChI=1S/C13H14BrN3O2/c1-16-13(18)12-8-19-5-4-17(12)11-3-2-10(14)6-9(11)7-15/h2-3,6,12H,4-5,8H2,1H3,(H,16,18). The summed E-state index contributed by atoms with van der Waals surface area (Å²) in [5, 5.41) is 11.9. The Bertz CT molecular complexity index is 527. The van der Waals surface area contributed by atoms with Gasteiger partial charge in [-0.15, -0.1) is 0 Å². The number of ether oxygens (including phenoxy) is 1. The van der Waals surface area contributed by atoms with Crippen molar-refractivity contribution in [1.29, 1.82) is 5.26 Å². The Morgan fingerprint density at radius 2 is 2.42 bits per heavy atom. The molecule has 0 aromatic heterocycles. The first-order valence-electron chi connectivity index (χ1n) is 5.93. The van der Waals surface area contributed by atoms with Crippen LogP contribution in [0.5, 0.6) is 0 Å². The van der Waals surface area contributed by atoms with E-state index in [0.717, 1.165) is 10.2 Å². The summed E-state index contributed by atoms with van der Waals surface area (Å²) in [5.74, 6) is -0.105. The molecule has 0 bridgehead atoms. The number of carbonyl (C=O) groups is 1. The molecule has 0 saturated carbocycles. The van der Waals surface area contributed by atoms with Gasteiger partial charge < -0.3 is 15.0 Å². The summed E-state index contributed by atoms with van der Waals surface area (Å²) >= 11 is 3.35. The van der Waals surface area contributed by atoms with Gasteiger partial charge in [0.15, 0.2) is 0 Å².